The number of hydrogen-bond acceptors (Lipinski definition) is 2. The molecule has 3 nitrogen and oxygen atoms in total. The minimum absolute atomic E-state index is 0.134. The lowest BCUT2D eigenvalue weighted by molar-refractivity contribution is -0.738. The van der Waals surface area contributed by atoms with Gasteiger partial charge in [0, 0.05) is 30.9 Å². The molecule has 3 aliphatic rings. The summed E-state index contributed by atoms with van der Waals surface area (Å²) in [4.78, 5) is 0. The Balaban J connectivity index is 1.95. The maximum Gasteiger partial charge on any atom is 0.194 e. The van der Waals surface area contributed by atoms with Crippen LogP contribution in [0.4, 0.5) is 0 Å². The van der Waals surface area contributed by atoms with Crippen molar-refractivity contribution >= 4 is 0 Å². The average Bonchev–Trinajstić information content (AvgIpc) is 2.55. The quantitative estimate of drug-likeness (QED) is 0.638. The van der Waals surface area contributed by atoms with Crippen LogP contribution in [0.25, 0.3) is 0 Å². The van der Waals surface area contributed by atoms with Crippen molar-refractivity contribution in [2.45, 2.75) is 38.0 Å². The van der Waals surface area contributed by atoms with Gasteiger partial charge in [-0.3, -0.25) is 0 Å². The summed E-state index contributed by atoms with van der Waals surface area (Å²) in [7, 11) is 0. The second-order valence-corrected chi connectivity index (χ2v) is 5.99. The zero-order chi connectivity index (χ0) is 15.2. The van der Waals surface area contributed by atoms with Crippen molar-refractivity contribution in [1.82, 2.24) is 0 Å². The van der Waals surface area contributed by atoms with E-state index in [1.165, 1.54) is 16.8 Å². The summed E-state index contributed by atoms with van der Waals surface area (Å²) in [6, 6.07) is 15.4. The molecule has 1 aromatic heterocycles. The first-order valence-electron chi connectivity index (χ1n) is 8.17. The molecule has 5 rings (SSSR count). The fourth-order valence-corrected chi connectivity index (χ4v) is 4.26. The lowest BCUT2D eigenvalue weighted by Crippen LogP contribution is -2.62. The van der Waals surface area contributed by atoms with Crippen LogP contribution in [-0.4, -0.2) is 19.0 Å². The minimum atomic E-state index is -0.538. The monoisotopic (exact) mass is 296 g/mol. The van der Waals surface area contributed by atoms with Crippen LogP contribution in [0.5, 0.6) is 0 Å². The third-order valence-electron chi connectivity index (χ3n) is 4.92. The lowest BCUT2D eigenvalue weighted by atomic mass is 9.70. The molecule has 2 atom stereocenters. The van der Waals surface area contributed by atoms with Gasteiger partial charge in [0.25, 0.3) is 0 Å². The van der Waals surface area contributed by atoms with E-state index in [0.29, 0.717) is 13.2 Å². The number of nitrogens with zero attached hydrogens (tertiary/aromatic N) is 1. The van der Waals surface area contributed by atoms with Gasteiger partial charge < -0.3 is 9.47 Å². The van der Waals surface area contributed by atoms with Crippen LogP contribution < -0.4 is 4.57 Å². The van der Waals surface area contributed by atoms with Crippen LogP contribution in [0.15, 0.2) is 48.7 Å². The highest BCUT2D eigenvalue weighted by Crippen LogP contribution is 2.52. The molecule has 2 bridgehead atoms. The van der Waals surface area contributed by atoms with Gasteiger partial charge in [0.1, 0.15) is 5.92 Å². The van der Waals surface area contributed by atoms with E-state index in [1.54, 1.807) is 0 Å². The van der Waals surface area contributed by atoms with Gasteiger partial charge in [-0.2, -0.15) is 4.57 Å². The van der Waals surface area contributed by atoms with E-state index in [0.717, 1.165) is 6.42 Å². The smallest absolute Gasteiger partial charge is 0.194 e. The number of fused-ring (bicyclic) bond motifs is 1. The maximum absolute atomic E-state index is 6.22. The van der Waals surface area contributed by atoms with Gasteiger partial charge in [-0.25, -0.2) is 0 Å². The summed E-state index contributed by atoms with van der Waals surface area (Å²) >= 11 is 0. The number of aromatic nitrogens is 1. The molecule has 0 spiro atoms. The number of hydrogen-bond donors (Lipinski definition) is 0. The molecule has 2 unspecified atom stereocenters. The van der Waals surface area contributed by atoms with Gasteiger partial charge in [-0.05, 0) is 19.4 Å². The highest BCUT2D eigenvalue weighted by Gasteiger charge is 2.59. The first kappa shape index (κ1) is 13.9. The van der Waals surface area contributed by atoms with E-state index in [2.05, 4.69) is 53.2 Å². The molecule has 1 aromatic carbocycles. The normalized spacial score (nSPS) is 23.9. The molecule has 0 amide bonds. The Bertz CT molecular complexity index is 644. The maximum atomic E-state index is 6.22. The van der Waals surface area contributed by atoms with Crippen molar-refractivity contribution in [3.8, 4) is 0 Å². The van der Waals surface area contributed by atoms with Gasteiger partial charge in [-0.15, -0.1) is 0 Å². The fourth-order valence-electron chi connectivity index (χ4n) is 4.26. The third kappa shape index (κ3) is 1.79. The Labute approximate surface area is 131 Å². The van der Waals surface area contributed by atoms with Crippen LogP contribution in [0.3, 0.4) is 0 Å². The largest absolute Gasteiger partial charge is 0.349 e. The molecule has 0 saturated heterocycles. The van der Waals surface area contributed by atoms with Crippen molar-refractivity contribution in [1.29, 1.82) is 0 Å². The summed E-state index contributed by atoms with van der Waals surface area (Å²) in [6.07, 6.45) is 3.06. The van der Waals surface area contributed by atoms with Crippen LogP contribution in [0.1, 0.15) is 49.0 Å². The zero-order valence-electron chi connectivity index (χ0n) is 13.2. The number of rotatable bonds is 4. The van der Waals surface area contributed by atoms with E-state index in [4.69, 9.17) is 9.47 Å². The fraction of sp³-hybridized carbons (Fsp3) is 0.421. The summed E-state index contributed by atoms with van der Waals surface area (Å²) in [5.74, 6) is -0.404. The van der Waals surface area contributed by atoms with E-state index >= 15 is 0 Å². The summed E-state index contributed by atoms with van der Waals surface area (Å²) in [6.45, 7) is 5.43. The molecule has 1 aliphatic carbocycles. The third-order valence-corrected chi connectivity index (χ3v) is 4.92. The molecule has 0 radical (unpaired) electrons. The summed E-state index contributed by atoms with van der Waals surface area (Å²) < 4.78 is 14.8. The lowest BCUT2D eigenvalue weighted by Gasteiger charge is -2.47. The van der Waals surface area contributed by atoms with Crippen molar-refractivity contribution in [3.63, 3.8) is 0 Å². The van der Waals surface area contributed by atoms with Gasteiger partial charge in [0.15, 0.2) is 23.7 Å². The summed E-state index contributed by atoms with van der Waals surface area (Å²) in [5.41, 5.74) is 4.05. The van der Waals surface area contributed by atoms with Crippen LogP contribution in [0, 0.1) is 0 Å². The molecule has 0 fully saturated rings. The Kier molecular flexibility index (Phi) is 3.28. The average molecular weight is 296 g/mol. The molecule has 22 heavy (non-hydrogen) atoms. The van der Waals surface area contributed by atoms with Crippen molar-refractivity contribution < 1.29 is 14.0 Å². The molecule has 0 saturated carbocycles. The van der Waals surface area contributed by atoms with Gasteiger partial charge in [0.05, 0.1) is 6.42 Å². The van der Waals surface area contributed by atoms with Crippen molar-refractivity contribution in [3.05, 3.63) is 65.5 Å². The highest BCUT2D eigenvalue weighted by atomic mass is 16.7. The topological polar surface area (TPSA) is 22.3 Å². The molecule has 114 valence electrons. The second kappa shape index (κ2) is 5.18. The molecule has 3 heteroatoms. The van der Waals surface area contributed by atoms with Crippen molar-refractivity contribution in [2.24, 2.45) is 0 Å². The van der Waals surface area contributed by atoms with E-state index < -0.39 is 5.79 Å². The predicted molar refractivity (Wildman–Crippen MR) is 83.7 cm³/mol. The first-order valence-corrected chi connectivity index (χ1v) is 8.17. The second-order valence-electron chi connectivity index (χ2n) is 5.99. The van der Waals surface area contributed by atoms with E-state index in [1.807, 2.05) is 13.8 Å². The first-order chi connectivity index (χ1) is 10.8. The molecular weight excluding hydrogens is 274 g/mol. The van der Waals surface area contributed by atoms with Gasteiger partial charge in [-0.1, -0.05) is 30.3 Å². The molecule has 2 aromatic rings. The van der Waals surface area contributed by atoms with Crippen molar-refractivity contribution in [2.75, 3.05) is 13.2 Å². The number of benzene rings is 1. The molecule has 2 aliphatic heterocycles. The van der Waals surface area contributed by atoms with Crippen LogP contribution >= 0.6 is 0 Å². The standard InChI is InChI=1S/C19H22NO2/c1-3-21-19(22-4-2)13-17-14-9-5-6-10-15(14)18(19)16-11-7-8-12-20(16)17/h5-12,17-18H,3-4,13H2,1-2H3/q+1. The van der Waals surface area contributed by atoms with E-state index in [9.17, 15) is 0 Å². The number of pyridine rings is 1. The zero-order valence-corrected chi connectivity index (χ0v) is 13.2. The molecule has 0 N–H and O–H groups in total. The Morgan fingerprint density at radius 2 is 1.68 bits per heavy atom. The minimum Gasteiger partial charge on any atom is -0.349 e. The van der Waals surface area contributed by atoms with Gasteiger partial charge >= 0.3 is 0 Å². The SMILES string of the molecule is CCOC1(OCC)CC2c3ccccc3C1c1cccc[n+]12. The van der Waals surface area contributed by atoms with E-state index in [-0.39, 0.29) is 12.0 Å². The molecular formula is C19H22NO2+. The Hall–Kier alpha value is -1.71. The number of ether oxygens (including phenoxy) is 2. The predicted octanol–water partition coefficient (Wildman–Crippen LogP) is 3.18. The summed E-state index contributed by atoms with van der Waals surface area (Å²) in [5, 5.41) is 0. The molecule has 3 heterocycles. The highest BCUT2D eigenvalue weighted by molar-refractivity contribution is 5.43. The Morgan fingerprint density at radius 1 is 1.00 bits per heavy atom. The van der Waals surface area contributed by atoms with Crippen LogP contribution in [0.2, 0.25) is 0 Å². The van der Waals surface area contributed by atoms with Gasteiger partial charge in [0.2, 0.25) is 0 Å². The Morgan fingerprint density at radius 3 is 2.41 bits per heavy atom. The van der Waals surface area contributed by atoms with Crippen LogP contribution in [-0.2, 0) is 9.47 Å².